The molecule has 8 heteroatoms. The van der Waals surface area contributed by atoms with Gasteiger partial charge in [-0.2, -0.15) is 26.3 Å². The van der Waals surface area contributed by atoms with Crippen LogP contribution in [0.15, 0.2) is 78.9 Å². The summed E-state index contributed by atoms with van der Waals surface area (Å²) in [5, 5.41) is 0. The lowest BCUT2D eigenvalue weighted by Crippen LogP contribution is -2.11. The molecule has 3 aromatic carbocycles. The van der Waals surface area contributed by atoms with E-state index >= 15 is 0 Å². The van der Waals surface area contributed by atoms with E-state index in [-0.39, 0.29) is 23.8 Å². The summed E-state index contributed by atoms with van der Waals surface area (Å²) in [4.78, 5) is 11.4. The summed E-state index contributed by atoms with van der Waals surface area (Å²) in [5.41, 5.74) is -0.243. The van der Waals surface area contributed by atoms with Crippen molar-refractivity contribution >= 4 is 5.97 Å². The molecule has 0 aromatic heterocycles. The molecule has 0 aliphatic carbocycles. The van der Waals surface area contributed by atoms with Crippen LogP contribution in [0.4, 0.5) is 26.3 Å². The highest BCUT2D eigenvalue weighted by atomic mass is 19.4. The zero-order valence-electron chi connectivity index (χ0n) is 18.8. The number of aryl methyl sites for hydroxylation is 1. The second kappa shape index (κ2) is 10.4. The highest BCUT2D eigenvalue weighted by Gasteiger charge is 2.37. The summed E-state index contributed by atoms with van der Waals surface area (Å²) in [6.07, 6.45) is -8.65. The zero-order chi connectivity index (χ0) is 25.8. The van der Waals surface area contributed by atoms with Crippen LogP contribution in [0.25, 0.3) is 22.3 Å². The van der Waals surface area contributed by atoms with Gasteiger partial charge in [-0.1, -0.05) is 55.1 Å². The molecule has 184 valence electrons. The van der Waals surface area contributed by atoms with E-state index in [9.17, 15) is 31.1 Å². The van der Waals surface area contributed by atoms with Crippen molar-refractivity contribution in [3.63, 3.8) is 0 Å². The number of hydrogen-bond acceptors (Lipinski definition) is 2. The van der Waals surface area contributed by atoms with E-state index in [1.165, 1.54) is 6.07 Å². The number of esters is 1. The number of halogens is 6. The predicted molar refractivity (Wildman–Crippen MR) is 121 cm³/mol. The van der Waals surface area contributed by atoms with E-state index in [0.717, 1.165) is 17.7 Å². The molecule has 0 spiro atoms. The maximum atomic E-state index is 13.3. The molecule has 0 saturated heterocycles. The topological polar surface area (TPSA) is 26.3 Å². The van der Waals surface area contributed by atoms with Gasteiger partial charge in [0.15, 0.2) is 0 Å². The van der Waals surface area contributed by atoms with Crippen LogP contribution in [0.5, 0.6) is 0 Å². The molecule has 0 saturated carbocycles. The molecule has 35 heavy (non-hydrogen) atoms. The predicted octanol–water partition coefficient (Wildman–Crippen LogP) is 8.11. The Balaban J connectivity index is 1.89. The normalized spacial score (nSPS) is 11.9. The second-order valence-electron chi connectivity index (χ2n) is 8.06. The molecule has 0 heterocycles. The average molecular weight is 492 g/mol. The number of ether oxygens (including phenoxy) is 1. The molecule has 2 nitrogen and oxygen atoms in total. The van der Waals surface area contributed by atoms with Crippen molar-refractivity contribution in [2.45, 2.75) is 32.1 Å². The molecule has 0 fully saturated rings. The van der Waals surface area contributed by atoms with Gasteiger partial charge in [-0.3, -0.25) is 0 Å². The van der Waals surface area contributed by atoms with Gasteiger partial charge in [0.2, 0.25) is 0 Å². The fourth-order valence-electron chi connectivity index (χ4n) is 3.51. The summed E-state index contributed by atoms with van der Waals surface area (Å²) >= 11 is 0. The van der Waals surface area contributed by atoms with Crippen LogP contribution in [-0.2, 0) is 28.3 Å². The van der Waals surface area contributed by atoms with Crippen LogP contribution in [0.1, 0.15) is 30.0 Å². The molecular formula is C27H22F6O2. The summed E-state index contributed by atoms with van der Waals surface area (Å²) in [6, 6.07) is 15.1. The van der Waals surface area contributed by atoms with E-state index in [1.54, 1.807) is 37.3 Å². The summed E-state index contributed by atoms with van der Waals surface area (Å²) in [6.45, 7) is 5.29. The Morgan fingerprint density at radius 3 is 1.80 bits per heavy atom. The molecule has 0 radical (unpaired) electrons. The number of alkyl halides is 6. The van der Waals surface area contributed by atoms with Crippen LogP contribution in [0.3, 0.4) is 0 Å². The van der Waals surface area contributed by atoms with Gasteiger partial charge >= 0.3 is 18.3 Å². The third-order valence-corrected chi connectivity index (χ3v) is 5.28. The first-order valence-corrected chi connectivity index (χ1v) is 10.7. The number of carbonyl (C=O) groups is 1. The van der Waals surface area contributed by atoms with Crippen molar-refractivity contribution in [3.05, 3.63) is 95.6 Å². The van der Waals surface area contributed by atoms with Crippen LogP contribution >= 0.6 is 0 Å². The maximum Gasteiger partial charge on any atom is 0.416 e. The fraction of sp³-hybridized carbons (Fsp3) is 0.222. The molecule has 0 amide bonds. The average Bonchev–Trinajstić information content (AvgIpc) is 2.80. The summed E-state index contributed by atoms with van der Waals surface area (Å²) < 4.78 is 85.0. The Morgan fingerprint density at radius 1 is 0.800 bits per heavy atom. The number of rotatable bonds is 7. The van der Waals surface area contributed by atoms with Gasteiger partial charge in [0.05, 0.1) is 17.7 Å². The van der Waals surface area contributed by atoms with Gasteiger partial charge in [-0.25, -0.2) is 4.79 Å². The van der Waals surface area contributed by atoms with E-state index in [4.69, 9.17) is 4.74 Å². The lowest BCUT2D eigenvalue weighted by atomic mass is 9.91. The molecule has 0 bridgehead atoms. The second-order valence-corrected chi connectivity index (χ2v) is 8.06. The minimum Gasteiger partial charge on any atom is -0.462 e. The van der Waals surface area contributed by atoms with Gasteiger partial charge in [-0.15, -0.1) is 0 Å². The van der Waals surface area contributed by atoms with E-state index in [2.05, 4.69) is 6.58 Å². The molecular weight excluding hydrogens is 470 g/mol. The minimum absolute atomic E-state index is 0.120. The van der Waals surface area contributed by atoms with Gasteiger partial charge in [0.25, 0.3) is 0 Å². The van der Waals surface area contributed by atoms with Gasteiger partial charge in [0, 0.05) is 5.57 Å². The summed E-state index contributed by atoms with van der Waals surface area (Å²) in [7, 11) is 0. The molecule has 0 unspecified atom stereocenters. The van der Waals surface area contributed by atoms with Crippen LogP contribution in [-0.4, -0.2) is 12.6 Å². The van der Waals surface area contributed by atoms with Crippen molar-refractivity contribution in [1.82, 2.24) is 0 Å². The van der Waals surface area contributed by atoms with Gasteiger partial charge in [-0.05, 0) is 65.8 Å². The molecule has 0 aliphatic heterocycles. The Labute approximate surface area is 198 Å². The van der Waals surface area contributed by atoms with Crippen LogP contribution in [0, 0.1) is 0 Å². The van der Waals surface area contributed by atoms with Crippen molar-refractivity contribution in [3.8, 4) is 22.3 Å². The number of benzene rings is 3. The third kappa shape index (κ3) is 6.74. The molecule has 0 N–H and O–H groups in total. The molecule has 3 aromatic rings. The Morgan fingerprint density at radius 2 is 1.31 bits per heavy atom. The highest BCUT2D eigenvalue weighted by molar-refractivity contribution is 5.87. The standard InChI is InChI=1S/C27H22F6O2/c1-17(2)25(34)35-13-5-6-18-9-11-19(12-10-18)23-7-3-4-8-24(23)20-14-21(26(28,29)30)16-22(15-20)27(31,32)33/h3-4,7-12,14-16H,1,5-6,13H2,2H3. The van der Waals surface area contributed by atoms with Crippen molar-refractivity contribution in [2.24, 2.45) is 0 Å². The van der Waals surface area contributed by atoms with Gasteiger partial charge < -0.3 is 4.74 Å². The first-order valence-electron chi connectivity index (χ1n) is 10.7. The third-order valence-electron chi connectivity index (χ3n) is 5.28. The molecule has 0 aliphatic rings. The van der Waals surface area contributed by atoms with E-state index in [0.29, 0.717) is 29.5 Å². The van der Waals surface area contributed by atoms with Crippen molar-refractivity contribution in [1.29, 1.82) is 0 Å². The Kier molecular flexibility index (Phi) is 7.73. The Hall–Kier alpha value is -3.55. The largest absolute Gasteiger partial charge is 0.462 e. The van der Waals surface area contributed by atoms with Crippen LogP contribution < -0.4 is 0 Å². The first-order chi connectivity index (χ1) is 16.4. The first kappa shape index (κ1) is 26.1. The van der Waals surface area contributed by atoms with Crippen molar-refractivity contribution < 1.29 is 35.9 Å². The SMILES string of the molecule is C=C(C)C(=O)OCCCc1ccc(-c2ccccc2-c2cc(C(F)(F)F)cc(C(F)(F)F)c2)cc1. The summed E-state index contributed by atoms with van der Waals surface area (Å²) in [5.74, 6) is -0.458. The number of carbonyl (C=O) groups excluding carboxylic acids is 1. The van der Waals surface area contributed by atoms with E-state index < -0.39 is 29.4 Å². The lowest BCUT2D eigenvalue weighted by Gasteiger charge is -2.16. The maximum absolute atomic E-state index is 13.3. The monoisotopic (exact) mass is 492 g/mol. The highest BCUT2D eigenvalue weighted by Crippen LogP contribution is 2.40. The van der Waals surface area contributed by atoms with Crippen molar-refractivity contribution in [2.75, 3.05) is 6.61 Å². The van der Waals surface area contributed by atoms with E-state index in [1.807, 2.05) is 12.1 Å². The van der Waals surface area contributed by atoms with Gasteiger partial charge in [0.1, 0.15) is 0 Å². The molecule has 0 atom stereocenters. The smallest absolute Gasteiger partial charge is 0.416 e. The minimum atomic E-state index is -4.93. The molecule has 3 rings (SSSR count). The number of hydrogen-bond donors (Lipinski definition) is 0. The quantitative estimate of drug-likeness (QED) is 0.144. The fourth-order valence-corrected chi connectivity index (χ4v) is 3.51. The Bertz CT molecular complexity index is 1180. The van der Waals surface area contributed by atoms with Crippen LogP contribution in [0.2, 0.25) is 0 Å². The zero-order valence-corrected chi connectivity index (χ0v) is 18.8. The lowest BCUT2D eigenvalue weighted by molar-refractivity contribution is -0.143.